The van der Waals surface area contributed by atoms with E-state index in [1.807, 2.05) is 0 Å². The highest BCUT2D eigenvalue weighted by molar-refractivity contribution is 5.83. The Morgan fingerprint density at radius 2 is 1.26 bits per heavy atom. The van der Waals surface area contributed by atoms with Gasteiger partial charge < -0.3 is 4.90 Å². The zero-order chi connectivity index (χ0) is 23.1. The van der Waals surface area contributed by atoms with Crippen molar-refractivity contribution in [3.05, 3.63) is 161 Å². The van der Waals surface area contributed by atoms with Crippen LogP contribution in [0.3, 0.4) is 0 Å². The third-order valence-corrected chi connectivity index (χ3v) is 6.85. The molecule has 3 aromatic carbocycles. The van der Waals surface area contributed by atoms with E-state index < -0.39 is 0 Å². The molecule has 0 spiro atoms. The van der Waals surface area contributed by atoms with E-state index >= 15 is 0 Å². The van der Waals surface area contributed by atoms with E-state index in [-0.39, 0.29) is 5.92 Å². The Labute approximate surface area is 202 Å². The van der Waals surface area contributed by atoms with Gasteiger partial charge in [-0.2, -0.15) is 0 Å². The molecule has 3 aromatic rings. The van der Waals surface area contributed by atoms with Gasteiger partial charge in [0.15, 0.2) is 0 Å². The third kappa shape index (κ3) is 3.60. The highest BCUT2D eigenvalue weighted by Gasteiger charge is 2.32. The summed E-state index contributed by atoms with van der Waals surface area (Å²) in [4.78, 5) is 2.39. The van der Waals surface area contributed by atoms with Crippen molar-refractivity contribution in [1.29, 1.82) is 0 Å². The van der Waals surface area contributed by atoms with Gasteiger partial charge in [-0.15, -0.1) is 0 Å². The lowest BCUT2D eigenvalue weighted by Gasteiger charge is -2.36. The minimum Gasteiger partial charge on any atom is -0.310 e. The zero-order valence-electron chi connectivity index (χ0n) is 19.6. The minimum absolute atomic E-state index is 0.260. The second kappa shape index (κ2) is 8.35. The van der Waals surface area contributed by atoms with Gasteiger partial charge in [0, 0.05) is 17.3 Å². The molecule has 6 rings (SSSR count). The third-order valence-electron chi connectivity index (χ3n) is 6.85. The number of aryl methyl sites for hydroxylation is 2. The predicted molar refractivity (Wildman–Crippen MR) is 144 cm³/mol. The molecule has 0 bridgehead atoms. The van der Waals surface area contributed by atoms with Crippen molar-refractivity contribution in [3.8, 4) is 0 Å². The summed E-state index contributed by atoms with van der Waals surface area (Å²) in [7, 11) is 0. The molecule has 0 amide bonds. The van der Waals surface area contributed by atoms with E-state index in [0.29, 0.717) is 0 Å². The first kappa shape index (κ1) is 20.5. The Bertz CT molecular complexity index is 1380. The highest BCUT2D eigenvalue weighted by Crippen LogP contribution is 2.46. The van der Waals surface area contributed by atoms with Crippen molar-refractivity contribution in [2.24, 2.45) is 5.92 Å². The summed E-state index contributed by atoms with van der Waals surface area (Å²) in [6.07, 6.45) is 16.1. The number of rotatable bonds is 4. The van der Waals surface area contributed by atoms with Crippen molar-refractivity contribution in [2.45, 2.75) is 13.8 Å². The molecular formula is C33H27N. The van der Waals surface area contributed by atoms with Crippen LogP contribution in [0.4, 0.5) is 11.4 Å². The van der Waals surface area contributed by atoms with Gasteiger partial charge in [-0.3, -0.25) is 0 Å². The van der Waals surface area contributed by atoms with Crippen LogP contribution < -0.4 is 4.90 Å². The van der Waals surface area contributed by atoms with Crippen molar-refractivity contribution < 1.29 is 0 Å². The zero-order valence-corrected chi connectivity index (χ0v) is 19.6. The summed E-state index contributed by atoms with van der Waals surface area (Å²) < 4.78 is 0. The molecule has 1 unspecified atom stereocenters. The summed E-state index contributed by atoms with van der Waals surface area (Å²) in [5, 5.41) is 0. The SMILES string of the molecule is Cc1ccc(N(C2=C3C=CC=C4C=C(c5ccccc5)C=C(C=C2)C43)c2ccc(C)cc2)cc1. The fourth-order valence-corrected chi connectivity index (χ4v) is 5.09. The van der Waals surface area contributed by atoms with Gasteiger partial charge in [0.25, 0.3) is 0 Å². The second-order valence-electron chi connectivity index (χ2n) is 9.25. The summed E-state index contributed by atoms with van der Waals surface area (Å²) in [6.45, 7) is 4.28. The molecule has 0 fully saturated rings. The molecule has 3 aliphatic rings. The van der Waals surface area contributed by atoms with Crippen LogP contribution in [0.15, 0.2) is 144 Å². The standard InChI is InChI=1S/C33H27N/c1-23-11-16-29(17-12-23)34(30-18-13-24(2)14-19-30)32-20-15-27-22-28(25-7-4-3-5-8-25)21-26-9-6-10-31(32)33(26)27/h3-22,33H,1-2H3. The van der Waals surface area contributed by atoms with Gasteiger partial charge in [0.1, 0.15) is 0 Å². The lowest BCUT2D eigenvalue weighted by atomic mass is 9.73. The number of hydrogen-bond donors (Lipinski definition) is 0. The van der Waals surface area contributed by atoms with E-state index in [0.717, 1.165) is 0 Å². The van der Waals surface area contributed by atoms with Gasteiger partial charge in [0.2, 0.25) is 0 Å². The average Bonchev–Trinajstić information content (AvgIpc) is 2.88. The molecule has 0 saturated heterocycles. The molecule has 1 heteroatoms. The Hall–Kier alpha value is -4.10. The summed E-state index contributed by atoms with van der Waals surface area (Å²) in [5.74, 6) is 0.260. The lowest BCUT2D eigenvalue weighted by Crippen LogP contribution is -2.25. The largest absolute Gasteiger partial charge is 0.310 e. The van der Waals surface area contributed by atoms with E-state index in [9.17, 15) is 0 Å². The maximum Gasteiger partial charge on any atom is 0.0503 e. The van der Waals surface area contributed by atoms with Crippen LogP contribution in [0.1, 0.15) is 16.7 Å². The first-order valence-corrected chi connectivity index (χ1v) is 11.9. The number of benzene rings is 3. The highest BCUT2D eigenvalue weighted by atomic mass is 15.1. The van der Waals surface area contributed by atoms with Crippen LogP contribution in [0.2, 0.25) is 0 Å². The first-order chi connectivity index (χ1) is 16.7. The average molecular weight is 438 g/mol. The minimum atomic E-state index is 0.260. The van der Waals surface area contributed by atoms with Gasteiger partial charge in [-0.05, 0) is 72.0 Å². The van der Waals surface area contributed by atoms with Crippen LogP contribution in [-0.2, 0) is 0 Å². The molecule has 0 saturated carbocycles. The number of hydrogen-bond acceptors (Lipinski definition) is 1. The summed E-state index contributed by atoms with van der Waals surface area (Å²) >= 11 is 0. The smallest absolute Gasteiger partial charge is 0.0503 e. The van der Waals surface area contributed by atoms with Crippen LogP contribution in [0, 0.1) is 19.8 Å². The molecule has 1 nitrogen and oxygen atoms in total. The van der Waals surface area contributed by atoms with Gasteiger partial charge >= 0.3 is 0 Å². The molecule has 1 atom stereocenters. The molecule has 0 N–H and O–H groups in total. The van der Waals surface area contributed by atoms with E-state index in [1.54, 1.807) is 0 Å². The molecule has 3 aliphatic carbocycles. The summed E-state index contributed by atoms with van der Waals surface area (Å²) in [5.41, 5.74) is 12.7. The Morgan fingerprint density at radius 1 is 0.618 bits per heavy atom. The normalized spacial score (nSPS) is 18.2. The van der Waals surface area contributed by atoms with Crippen molar-refractivity contribution in [2.75, 3.05) is 4.90 Å². The fraction of sp³-hybridized carbons (Fsp3) is 0.0909. The summed E-state index contributed by atoms with van der Waals surface area (Å²) in [6, 6.07) is 28.3. The van der Waals surface area contributed by atoms with E-state index in [1.165, 1.54) is 56.1 Å². The number of allylic oxidation sites excluding steroid dienone is 11. The predicted octanol–water partition coefficient (Wildman–Crippen LogP) is 8.40. The van der Waals surface area contributed by atoms with E-state index in [4.69, 9.17) is 0 Å². The quantitative estimate of drug-likeness (QED) is 0.396. The molecular weight excluding hydrogens is 410 g/mol. The fourth-order valence-electron chi connectivity index (χ4n) is 5.09. The Morgan fingerprint density at radius 3 is 1.91 bits per heavy atom. The molecule has 0 aromatic heterocycles. The Kier molecular flexibility index (Phi) is 5.04. The van der Waals surface area contributed by atoms with Crippen molar-refractivity contribution >= 4 is 16.9 Å². The first-order valence-electron chi connectivity index (χ1n) is 11.9. The van der Waals surface area contributed by atoms with Gasteiger partial charge in [0.05, 0.1) is 5.70 Å². The number of nitrogens with zero attached hydrogens (tertiary/aromatic N) is 1. The maximum absolute atomic E-state index is 2.39. The van der Waals surface area contributed by atoms with Crippen LogP contribution in [0.25, 0.3) is 5.57 Å². The molecule has 0 radical (unpaired) electrons. The van der Waals surface area contributed by atoms with Crippen LogP contribution >= 0.6 is 0 Å². The van der Waals surface area contributed by atoms with Gasteiger partial charge in [-0.25, -0.2) is 0 Å². The lowest BCUT2D eigenvalue weighted by molar-refractivity contribution is 0.857. The topological polar surface area (TPSA) is 3.24 Å². The molecule has 0 aliphatic heterocycles. The molecule has 0 heterocycles. The van der Waals surface area contributed by atoms with Crippen molar-refractivity contribution in [3.63, 3.8) is 0 Å². The van der Waals surface area contributed by atoms with E-state index in [2.05, 4.69) is 140 Å². The van der Waals surface area contributed by atoms with Crippen LogP contribution in [0.5, 0.6) is 0 Å². The Balaban J connectivity index is 1.48. The van der Waals surface area contributed by atoms with Gasteiger partial charge in [-0.1, -0.05) is 102 Å². The number of anilines is 2. The monoisotopic (exact) mass is 437 g/mol. The molecule has 34 heavy (non-hydrogen) atoms. The maximum atomic E-state index is 2.39. The van der Waals surface area contributed by atoms with Crippen molar-refractivity contribution in [1.82, 2.24) is 0 Å². The second-order valence-corrected chi connectivity index (χ2v) is 9.25. The molecule has 164 valence electrons. The van der Waals surface area contributed by atoms with Crippen LogP contribution in [-0.4, -0.2) is 0 Å².